The third-order valence-electron chi connectivity index (χ3n) is 4.08. The quantitative estimate of drug-likeness (QED) is 0.419. The minimum atomic E-state index is 0.484. The van der Waals surface area contributed by atoms with Crippen molar-refractivity contribution in [2.24, 2.45) is 5.92 Å². The van der Waals surface area contributed by atoms with Gasteiger partial charge in [0.05, 0.1) is 0 Å². The van der Waals surface area contributed by atoms with Crippen LogP contribution in [0.3, 0.4) is 0 Å². The smallest absolute Gasteiger partial charge is 0.132 e. The molecule has 0 radical (unpaired) electrons. The summed E-state index contributed by atoms with van der Waals surface area (Å²) in [6.07, 6.45) is 20.3. The zero-order valence-corrected chi connectivity index (χ0v) is 11.8. The van der Waals surface area contributed by atoms with Crippen molar-refractivity contribution < 1.29 is 4.79 Å². The molecule has 1 aliphatic rings. The summed E-state index contributed by atoms with van der Waals surface area (Å²) in [5.41, 5.74) is 0. The third kappa shape index (κ3) is 7.54. The lowest BCUT2D eigenvalue weighted by Crippen LogP contribution is -2.08. The molecule has 18 heavy (non-hydrogen) atoms. The molecule has 1 rings (SSSR count). The Morgan fingerprint density at radius 1 is 1.00 bits per heavy atom. The van der Waals surface area contributed by atoms with Crippen LogP contribution in [0, 0.1) is 18.3 Å². The zero-order chi connectivity index (χ0) is 13.1. The fourth-order valence-electron chi connectivity index (χ4n) is 2.87. The lowest BCUT2D eigenvalue weighted by atomic mass is 9.85. The number of carbonyl (C=O) groups excluding carboxylic acids is 1. The van der Waals surface area contributed by atoms with Crippen LogP contribution < -0.4 is 0 Å². The molecule has 1 fully saturated rings. The molecular formula is C17H28O. The van der Waals surface area contributed by atoms with E-state index in [4.69, 9.17) is 6.42 Å². The molecule has 0 N–H and O–H groups in total. The van der Waals surface area contributed by atoms with Gasteiger partial charge in [-0.15, -0.1) is 12.3 Å². The minimum absolute atomic E-state index is 0.484. The van der Waals surface area contributed by atoms with Crippen LogP contribution in [0.25, 0.3) is 0 Å². The molecule has 0 aromatic heterocycles. The van der Waals surface area contributed by atoms with Gasteiger partial charge in [-0.1, -0.05) is 44.9 Å². The molecule has 0 spiro atoms. The van der Waals surface area contributed by atoms with E-state index in [0.717, 1.165) is 50.9 Å². The number of hydrogen-bond acceptors (Lipinski definition) is 1. The van der Waals surface area contributed by atoms with E-state index in [0.29, 0.717) is 5.78 Å². The highest BCUT2D eigenvalue weighted by molar-refractivity contribution is 5.78. The fraction of sp³-hybridized carbons (Fsp3) is 0.824. The van der Waals surface area contributed by atoms with E-state index in [9.17, 15) is 4.79 Å². The van der Waals surface area contributed by atoms with E-state index in [1.165, 1.54) is 38.5 Å². The summed E-state index contributed by atoms with van der Waals surface area (Å²) in [6.45, 7) is 0. The first-order chi connectivity index (χ1) is 8.83. The second-order valence-electron chi connectivity index (χ2n) is 5.70. The molecule has 1 nitrogen and oxygen atoms in total. The average Bonchev–Trinajstić information content (AvgIpc) is 2.41. The highest BCUT2D eigenvalue weighted by Gasteiger charge is 2.14. The molecule has 0 aromatic carbocycles. The normalized spacial score (nSPS) is 16.4. The number of unbranched alkanes of at least 4 members (excludes halogenated alkanes) is 4. The largest absolute Gasteiger partial charge is 0.300 e. The number of terminal acetylenes is 1. The van der Waals surface area contributed by atoms with Crippen LogP contribution in [-0.4, -0.2) is 5.78 Å². The topological polar surface area (TPSA) is 17.1 Å². The predicted molar refractivity (Wildman–Crippen MR) is 77.4 cm³/mol. The molecular weight excluding hydrogens is 220 g/mol. The molecule has 0 heterocycles. The van der Waals surface area contributed by atoms with Crippen LogP contribution in [0.5, 0.6) is 0 Å². The van der Waals surface area contributed by atoms with Crippen molar-refractivity contribution in [1.29, 1.82) is 0 Å². The van der Waals surface area contributed by atoms with Gasteiger partial charge in [0.2, 0.25) is 0 Å². The van der Waals surface area contributed by atoms with Crippen molar-refractivity contribution in [2.45, 2.75) is 83.5 Å². The summed E-state index contributed by atoms with van der Waals surface area (Å²) >= 11 is 0. The van der Waals surface area contributed by atoms with Gasteiger partial charge in [-0.2, -0.15) is 0 Å². The monoisotopic (exact) mass is 248 g/mol. The van der Waals surface area contributed by atoms with Crippen molar-refractivity contribution in [3.63, 3.8) is 0 Å². The average molecular weight is 248 g/mol. The maximum Gasteiger partial charge on any atom is 0.132 e. The summed E-state index contributed by atoms with van der Waals surface area (Å²) in [5.74, 6) is 3.99. The fourth-order valence-corrected chi connectivity index (χ4v) is 2.87. The van der Waals surface area contributed by atoms with Crippen molar-refractivity contribution in [2.75, 3.05) is 0 Å². The molecule has 0 saturated heterocycles. The first kappa shape index (κ1) is 15.3. The van der Waals surface area contributed by atoms with Gasteiger partial charge >= 0.3 is 0 Å². The van der Waals surface area contributed by atoms with E-state index in [1.807, 2.05) is 0 Å². The Morgan fingerprint density at radius 2 is 1.72 bits per heavy atom. The molecule has 0 aliphatic heterocycles. The van der Waals surface area contributed by atoms with Crippen molar-refractivity contribution >= 4 is 5.78 Å². The van der Waals surface area contributed by atoms with Gasteiger partial charge in [0, 0.05) is 19.3 Å². The number of rotatable bonds is 9. The molecule has 1 saturated carbocycles. The van der Waals surface area contributed by atoms with Gasteiger partial charge in [0.15, 0.2) is 0 Å². The van der Waals surface area contributed by atoms with Crippen molar-refractivity contribution in [3.05, 3.63) is 0 Å². The summed E-state index contributed by atoms with van der Waals surface area (Å²) in [6, 6.07) is 0. The molecule has 0 amide bonds. The Hall–Kier alpha value is -0.770. The maximum absolute atomic E-state index is 11.7. The van der Waals surface area contributed by atoms with Crippen LogP contribution in [0.4, 0.5) is 0 Å². The molecule has 1 aliphatic carbocycles. The van der Waals surface area contributed by atoms with Crippen LogP contribution in [0.2, 0.25) is 0 Å². The SMILES string of the molecule is C#CCCCCCCC(=O)CCC1CCCCC1. The Bertz CT molecular complexity index is 255. The Morgan fingerprint density at radius 3 is 2.44 bits per heavy atom. The van der Waals surface area contributed by atoms with Gasteiger partial charge < -0.3 is 0 Å². The van der Waals surface area contributed by atoms with E-state index < -0.39 is 0 Å². The molecule has 0 aromatic rings. The van der Waals surface area contributed by atoms with E-state index in [2.05, 4.69) is 5.92 Å². The van der Waals surface area contributed by atoms with Crippen molar-refractivity contribution in [1.82, 2.24) is 0 Å². The van der Waals surface area contributed by atoms with Gasteiger partial charge in [-0.25, -0.2) is 0 Å². The highest BCUT2D eigenvalue weighted by Crippen LogP contribution is 2.27. The lowest BCUT2D eigenvalue weighted by Gasteiger charge is -2.20. The first-order valence-corrected chi connectivity index (χ1v) is 7.78. The summed E-state index contributed by atoms with van der Waals surface area (Å²) in [5, 5.41) is 0. The number of ketones is 1. The maximum atomic E-state index is 11.7. The van der Waals surface area contributed by atoms with Gasteiger partial charge in [0.1, 0.15) is 5.78 Å². The lowest BCUT2D eigenvalue weighted by molar-refractivity contribution is -0.119. The number of hydrogen-bond donors (Lipinski definition) is 0. The van der Waals surface area contributed by atoms with Crippen LogP contribution in [0.15, 0.2) is 0 Å². The Balaban J connectivity index is 1.92. The molecule has 0 atom stereocenters. The van der Waals surface area contributed by atoms with Crippen LogP contribution >= 0.6 is 0 Å². The highest BCUT2D eigenvalue weighted by atomic mass is 16.1. The molecule has 0 bridgehead atoms. The minimum Gasteiger partial charge on any atom is -0.300 e. The number of Topliss-reactive ketones (excluding diaryl/α,β-unsaturated/α-hetero) is 1. The molecule has 102 valence electrons. The second-order valence-corrected chi connectivity index (χ2v) is 5.70. The zero-order valence-electron chi connectivity index (χ0n) is 11.8. The second kappa shape index (κ2) is 10.2. The standard InChI is InChI=1S/C17H28O/c1-2-3-4-5-6-10-13-17(18)15-14-16-11-8-7-9-12-16/h1,16H,3-15H2. The summed E-state index contributed by atoms with van der Waals surface area (Å²) in [4.78, 5) is 11.7. The Labute approximate surface area is 113 Å². The van der Waals surface area contributed by atoms with Crippen molar-refractivity contribution in [3.8, 4) is 12.3 Å². The van der Waals surface area contributed by atoms with Crippen LogP contribution in [-0.2, 0) is 4.79 Å². The van der Waals surface area contributed by atoms with E-state index >= 15 is 0 Å². The molecule has 1 heteroatoms. The first-order valence-electron chi connectivity index (χ1n) is 7.78. The Kier molecular flexibility index (Phi) is 8.65. The number of carbonyl (C=O) groups is 1. The van der Waals surface area contributed by atoms with E-state index in [-0.39, 0.29) is 0 Å². The predicted octanol–water partition coefficient (Wildman–Crippen LogP) is 4.89. The summed E-state index contributed by atoms with van der Waals surface area (Å²) < 4.78 is 0. The summed E-state index contributed by atoms with van der Waals surface area (Å²) in [7, 11) is 0. The van der Waals surface area contributed by atoms with Gasteiger partial charge in [-0.05, 0) is 25.2 Å². The van der Waals surface area contributed by atoms with Gasteiger partial charge in [-0.3, -0.25) is 4.79 Å². The van der Waals surface area contributed by atoms with Gasteiger partial charge in [0.25, 0.3) is 0 Å². The molecule has 0 unspecified atom stereocenters. The van der Waals surface area contributed by atoms with E-state index in [1.54, 1.807) is 0 Å². The van der Waals surface area contributed by atoms with Crippen LogP contribution in [0.1, 0.15) is 83.5 Å². The third-order valence-corrected chi connectivity index (χ3v) is 4.08.